The van der Waals surface area contributed by atoms with Gasteiger partial charge in [0.25, 0.3) is 11.8 Å². The number of nitrogens with one attached hydrogen (secondary N) is 2. The van der Waals surface area contributed by atoms with Crippen LogP contribution in [0.15, 0.2) is 47.6 Å². The standard InChI is InChI=1S/C17H16FN3O4/c1-10(14-8-13(22)5-6-15(14)23)20-21-16(24)9-19-17(25)11-3-2-4-12(18)7-11/h2-8,22-23H,9H2,1H3,(H,19,25)(H,21,24)/b20-10-. The van der Waals surface area contributed by atoms with Gasteiger partial charge in [-0.1, -0.05) is 6.07 Å². The zero-order valence-corrected chi connectivity index (χ0v) is 13.3. The molecule has 0 aromatic heterocycles. The number of phenolic OH excluding ortho intramolecular Hbond substituents is 2. The van der Waals surface area contributed by atoms with Gasteiger partial charge in [-0.25, -0.2) is 9.82 Å². The Bertz CT molecular complexity index is 836. The summed E-state index contributed by atoms with van der Waals surface area (Å²) in [4.78, 5) is 23.5. The van der Waals surface area contributed by atoms with E-state index in [1.807, 2.05) is 0 Å². The van der Waals surface area contributed by atoms with Crippen LogP contribution in [0.25, 0.3) is 0 Å². The summed E-state index contributed by atoms with van der Waals surface area (Å²) >= 11 is 0. The fraction of sp³-hybridized carbons (Fsp3) is 0.118. The molecule has 0 fully saturated rings. The summed E-state index contributed by atoms with van der Waals surface area (Å²) in [6, 6.07) is 8.98. The molecule has 25 heavy (non-hydrogen) atoms. The Hall–Kier alpha value is -3.42. The van der Waals surface area contributed by atoms with Crippen molar-refractivity contribution in [1.82, 2.24) is 10.7 Å². The molecule has 0 aliphatic heterocycles. The second-order valence-corrected chi connectivity index (χ2v) is 5.13. The predicted molar refractivity (Wildman–Crippen MR) is 88.9 cm³/mol. The number of hydrazone groups is 1. The fourth-order valence-corrected chi connectivity index (χ4v) is 1.95. The second-order valence-electron chi connectivity index (χ2n) is 5.13. The highest BCUT2D eigenvalue weighted by Gasteiger charge is 2.10. The van der Waals surface area contributed by atoms with Gasteiger partial charge in [-0.05, 0) is 43.3 Å². The molecule has 130 valence electrons. The Morgan fingerprint density at radius 3 is 2.64 bits per heavy atom. The zero-order chi connectivity index (χ0) is 18.4. The lowest BCUT2D eigenvalue weighted by atomic mass is 10.1. The third-order valence-electron chi connectivity index (χ3n) is 3.21. The van der Waals surface area contributed by atoms with Crippen LogP contribution in [-0.4, -0.2) is 34.3 Å². The van der Waals surface area contributed by atoms with E-state index in [0.29, 0.717) is 0 Å². The smallest absolute Gasteiger partial charge is 0.259 e. The Balaban J connectivity index is 1.92. The molecule has 2 aromatic rings. The van der Waals surface area contributed by atoms with E-state index in [1.54, 1.807) is 0 Å². The first-order chi connectivity index (χ1) is 11.9. The van der Waals surface area contributed by atoms with E-state index in [-0.39, 0.29) is 34.9 Å². The number of amides is 2. The van der Waals surface area contributed by atoms with Crippen LogP contribution in [-0.2, 0) is 4.79 Å². The quantitative estimate of drug-likeness (QED) is 0.374. The van der Waals surface area contributed by atoms with Crippen LogP contribution in [0.2, 0.25) is 0 Å². The first kappa shape index (κ1) is 17.9. The number of rotatable bonds is 5. The Morgan fingerprint density at radius 1 is 1.16 bits per heavy atom. The van der Waals surface area contributed by atoms with Crippen molar-refractivity contribution in [3.63, 3.8) is 0 Å². The van der Waals surface area contributed by atoms with E-state index >= 15 is 0 Å². The first-order valence-electron chi connectivity index (χ1n) is 7.26. The molecular formula is C17H16FN3O4. The number of halogens is 1. The highest BCUT2D eigenvalue weighted by molar-refractivity contribution is 6.02. The Kier molecular flexibility index (Phi) is 5.67. The molecule has 4 N–H and O–H groups in total. The van der Waals surface area contributed by atoms with Crippen molar-refractivity contribution >= 4 is 17.5 Å². The van der Waals surface area contributed by atoms with Crippen LogP contribution >= 0.6 is 0 Å². The topological polar surface area (TPSA) is 111 Å². The van der Waals surface area contributed by atoms with Crippen LogP contribution < -0.4 is 10.7 Å². The number of phenols is 2. The number of benzene rings is 2. The maximum atomic E-state index is 13.0. The first-order valence-corrected chi connectivity index (χ1v) is 7.26. The molecule has 0 atom stereocenters. The molecule has 0 saturated heterocycles. The van der Waals surface area contributed by atoms with Crippen molar-refractivity contribution in [2.45, 2.75) is 6.92 Å². The van der Waals surface area contributed by atoms with Crippen molar-refractivity contribution in [3.05, 3.63) is 59.4 Å². The molecule has 2 aromatic carbocycles. The zero-order valence-electron chi connectivity index (χ0n) is 13.3. The molecule has 0 radical (unpaired) electrons. The van der Waals surface area contributed by atoms with Crippen LogP contribution in [0, 0.1) is 5.82 Å². The lowest BCUT2D eigenvalue weighted by molar-refractivity contribution is -0.120. The summed E-state index contributed by atoms with van der Waals surface area (Å²) in [7, 11) is 0. The van der Waals surface area contributed by atoms with Gasteiger partial charge in [0.15, 0.2) is 0 Å². The SMILES string of the molecule is C/C(=N/NC(=O)CNC(=O)c1cccc(F)c1)c1cc(O)ccc1O. The summed E-state index contributed by atoms with van der Waals surface area (Å²) in [5.41, 5.74) is 2.82. The fourth-order valence-electron chi connectivity index (χ4n) is 1.95. The molecule has 0 unspecified atom stereocenters. The van der Waals surface area contributed by atoms with Gasteiger partial charge in [-0.3, -0.25) is 9.59 Å². The van der Waals surface area contributed by atoms with Crippen LogP contribution in [0.4, 0.5) is 4.39 Å². The number of carbonyl (C=O) groups is 2. The van der Waals surface area contributed by atoms with Crippen LogP contribution in [0.1, 0.15) is 22.8 Å². The molecule has 2 rings (SSSR count). The largest absolute Gasteiger partial charge is 0.508 e. The summed E-state index contributed by atoms with van der Waals surface area (Å²) in [6.45, 7) is 1.16. The lowest BCUT2D eigenvalue weighted by Crippen LogP contribution is -2.35. The van der Waals surface area contributed by atoms with Crippen LogP contribution in [0.5, 0.6) is 11.5 Å². The van der Waals surface area contributed by atoms with Crippen molar-refractivity contribution in [2.75, 3.05) is 6.54 Å². The molecule has 0 saturated carbocycles. The predicted octanol–water partition coefficient (Wildman–Crippen LogP) is 1.51. The average molecular weight is 345 g/mol. The summed E-state index contributed by atoms with van der Waals surface area (Å²) < 4.78 is 13.0. The van der Waals surface area contributed by atoms with Gasteiger partial charge in [0, 0.05) is 11.1 Å². The van der Waals surface area contributed by atoms with Gasteiger partial charge < -0.3 is 15.5 Å². The molecule has 7 nitrogen and oxygen atoms in total. The summed E-state index contributed by atoms with van der Waals surface area (Å²) in [5.74, 6) is -1.92. The average Bonchev–Trinajstić information content (AvgIpc) is 2.59. The van der Waals surface area contributed by atoms with E-state index in [1.165, 1.54) is 43.3 Å². The van der Waals surface area contributed by atoms with Crippen molar-refractivity contribution in [1.29, 1.82) is 0 Å². The van der Waals surface area contributed by atoms with Crippen molar-refractivity contribution in [2.24, 2.45) is 5.10 Å². The van der Waals surface area contributed by atoms with Gasteiger partial charge in [0.05, 0.1) is 12.3 Å². The van der Waals surface area contributed by atoms with Gasteiger partial charge in [0.2, 0.25) is 0 Å². The number of nitrogens with zero attached hydrogens (tertiary/aromatic N) is 1. The van der Waals surface area contributed by atoms with Gasteiger partial charge in [0.1, 0.15) is 17.3 Å². The van der Waals surface area contributed by atoms with E-state index in [0.717, 1.165) is 6.07 Å². The molecule has 2 amide bonds. The normalized spacial score (nSPS) is 11.0. The molecule has 0 aliphatic carbocycles. The Morgan fingerprint density at radius 2 is 1.92 bits per heavy atom. The summed E-state index contributed by atoms with van der Waals surface area (Å²) in [6.07, 6.45) is 0. The van der Waals surface area contributed by atoms with Crippen molar-refractivity contribution in [3.8, 4) is 11.5 Å². The van der Waals surface area contributed by atoms with Crippen molar-refractivity contribution < 1.29 is 24.2 Å². The van der Waals surface area contributed by atoms with Crippen LogP contribution in [0.3, 0.4) is 0 Å². The minimum atomic E-state index is -0.608. The molecular weight excluding hydrogens is 329 g/mol. The van der Waals surface area contributed by atoms with E-state index in [2.05, 4.69) is 15.8 Å². The van der Waals surface area contributed by atoms with E-state index in [9.17, 15) is 24.2 Å². The summed E-state index contributed by atoms with van der Waals surface area (Å²) in [5, 5.41) is 25.2. The number of hydrogen-bond donors (Lipinski definition) is 4. The molecule has 8 heteroatoms. The maximum Gasteiger partial charge on any atom is 0.259 e. The number of carbonyl (C=O) groups excluding carboxylic acids is 2. The van der Waals surface area contributed by atoms with E-state index < -0.39 is 17.6 Å². The molecule has 0 spiro atoms. The van der Waals surface area contributed by atoms with Gasteiger partial charge in [-0.2, -0.15) is 5.10 Å². The highest BCUT2D eigenvalue weighted by Crippen LogP contribution is 2.22. The minimum Gasteiger partial charge on any atom is -0.508 e. The second kappa shape index (κ2) is 7.91. The number of hydrogen-bond acceptors (Lipinski definition) is 5. The molecule has 0 bridgehead atoms. The number of aromatic hydroxyl groups is 2. The maximum absolute atomic E-state index is 13.0. The van der Waals surface area contributed by atoms with Gasteiger partial charge in [-0.15, -0.1) is 0 Å². The highest BCUT2D eigenvalue weighted by atomic mass is 19.1. The Labute approximate surface area is 142 Å². The molecule has 0 heterocycles. The lowest BCUT2D eigenvalue weighted by Gasteiger charge is -2.07. The molecule has 0 aliphatic rings. The van der Waals surface area contributed by atoms with Gasteiger partial charge >= 0.3 is 0 Å². The third kappa shape index (κ3) is 5.03. The monoisotopic (exact) mass is 345 g/mol. The van der Waals surface area contributed by atoms with E-state index in [4.69, 9.17) is 0 Å². The minimum absolute atomic E-state index is 0.0592. The third-order valence-corrected chi connectivity index (χ3v) is 3.21.